The zero-order chi connectivity index (χ0) is 40.7. The van der Waals surface area contributed by atoms with Crippen molar-refractivity contribution in [2.24, 2.45) is 0 Å². The van der Waals surface area contributed by atoms with E-state index in [0.29, 0.717) is 17.5 Å². The molecule has 0 saturated heterocycles. The molecule has 5 nitrogen and oxygen atoms in total. The molecule has 0 amide bonds. The molecular weight excluding hydrogens is 755 g/mol. The van der Waals surface area contributed by atoms with Gasteiger partial charge in [0.2, 0.25) is 0 Å². The van der Waals surface area contributed by atoms with Crippen LogP contribution in [0.1, 0.15) is 0 Å². The molecule has 0 fully saturated rings. The summed E-state index contributed by atoms with van der Waals surface area (Å²) in [5.74, 6) is 1.89. The largest absolute Gasteiger partial charge is 0.309 e. The zero-order valence-corrected chi connectivity index (χ0v) is 33.4. The van der Waals surface area contributed by atoms with Crippen molar-refractivity contribution in [1.82, 2.24) is 24.1 Å². The third kappa shape index (κ3) is 5.25. The van der Waals surface area contributed by atoms with E-state index in [9.17, 15) is 0 Å². The van der Waals surface area contributed by atoms with Gasteiger partial charge in [0.05, 0.1) is 33.3 Å². The fraction of sp³-hybridized carbons (Fsp3) is 0. The second kappa shape index (κ2) is 13.6. The maximum absolute atomic E-state index is 5.30. The van der Waals surface area contributed by atoms with Gasteiger partial charge >= 0.3 is 0 Å². The first-order valence-electron chi connectivity index (χ1n) is 21.0. The summed E-state index contributed by atoms with van der Waals surface area (Å²) < 4.78 is 4.86. The molecule has 3 heterocycles. The number of benzene rings is 10. The Hall–Kier alpha value is -8.41. The molecule has 0 atom stereocenters. The van der Waals surface area contributed by atoms with Crippen LogP contribution in [0.25, 0.3) is 121 Å². The number of fused-ring (bicyclic) bond motifs is 10. The summed E-state index contributed by atoms with van der Waals surface area (Å²) in [7, 11) is 0. The van der Waals surface area contributed by atoms with Crippen molar-refractivity contribution in [3.8, 4) is 45.5 Å². The summed E-state index contributed by atoms with van der Waals surface area (Å²) in [5, 5.41) is 11.9. The molecular formula is C57H35N5. The van der Waals surface area contributed by atoms with E-state index in [0.717, 1.165) is 55.3 Å². The Kier molecular flexibility index (Phi) is 7.54. The molecule has 288 valence electrons. The van der Waals surface area contributed by atoms with Crippen molar-refractivity contribution in [3.05, 3.63) is 212 Å². The summed E-state index contributed by atoms with van der Waals surface area (Å²) in [6.45, 7) is 0. The Balaban J connectivity index is 1.10. The first kappa shape index (κ1) is 34.5. The van der Waals surface area contributed by atoms with Crippen molar-refractivity contribution in [2.75, 3.05) is 0 Å². The number of para-hydroxylation sites is 2. The van der Waals surface area contributed by atoms with Crippen LogP contribution in [0.15, 0.2) is 212 Å². The van der Waals surface area contributed by atoms with Crippen LogP contribution in [0.4, 0.5) is 0 Å². The molecule has 10 aromatic carbocycles. The minimum absolute atomic E-state index is 0.622. The van der Waals surface area contributed by atoms with Gasteiger partial charge in [0.1, 0.15) is 0 Å². The van der Waals surface area contributed by atoms with E-state index in [1.165, 1.54) is 48.7 Å². The summed E-state index contributed by atoms with van der Waals surface area (Å²) in [6, 6.07) is 75.8. The third-order valence-corrected chi connectivity index (χ3v) is 12.5. The third-order valence-electron chi connectivity index (χ3n) is 12.5. The minimum atomic E-state index is 0.622. The number of rotatable bonds is 5. The normalized spacial score (nSPS) is 11.9. The molecule has 3 aromatic heterocycles. The van der Waals surface area contributed by atoms with Gasteiger partial charge in [0.15, 0.2) is 17.5 Å². The van der Waals surface area contributed by atoms with Gasteiger partial charge in [-0.2, -0.15) is 0 Å². The lowest BCUT2D eigenvalue weighted by atomic mass is 10.0. The first-order chi connectivity index (χ1) is 30.7. The molecule has 0 saturated carbocycles. The van der Waals surface area contributed by atoms with Crippen LogP contribution in [-0.2, 0) is 0 Å². The van der Waals surface area contributed by atoms with Gasteiger partial charge in [-0.1, -0.05) is 170 Å². The average Bonchev–Trinajstić information content (AvgIpc) is 3.85. The SMILES string of the molecule is c1ccc(-c2nc(-c3ccccc3)nc(-c3c(-n4c5ccccc5c5cc6ccc(-n7c8ccccc8c8ccc9ccccc9c87)cc6cc54)ccc4ccccc34)n2)cc1. The van der Waals surface area contributed by atoms with Gasteiger partial charge in [0, 0.05) is 43.7 Å². The molecule has 0 radical (unpaired) electrons. The number of nitrogens with zero attached hydrogens (tertiary/aromatic N) is 5. The van der Waals surface area contributed by atoms with Crippen LogP contribution in [0.3, 0.4) is 0 Å². The lowest BCUT2D eigenvalue weighted by Gasteiger charge is -2.17. The maximum atomic E-state index is 5.30. The van der Waals surface area contributed by atoms with Crippen LogP contribution in [0, 0.1) is 0 Å². The average molecular weight is 790 g/mol. The summed E-state index contributed by atoms with van der Waals surface area (Å²) in [4.78, 5) is 15.7. The van der Waals surface area contributed by atoms with Gasteiger partial charge in [-0.15, -0.1) is 0 Å². The molecule has 13 rings (SSSR count). The molecule has 5 heteroatoms. The van der Waals surface area contributed by atoms with Crippen molar-refractivity contribution < 1.29 is 0 Å². The molecule has 0 aliphatic heterocycles. The van der Waals surface area contributed by atoms with E-state index < -0.39 is 0 Å². The van der Waals surface area contributed by atoms with E-state index in [2.05, 4.69) is 185 Å². The van der Waals surface area contributed by atoms with Crippen molar-refractivity contribution in [1.29, 1.82) is 0 Å². The molecule has 0 aliphatic carbocycles. The Morgan fingerprint density at radius 3 is 1.53 bits per heavy atom. The van der Waals surface area contributed by atoms with Gasteiger partial charge in [-0.05, 0) is 69.4 Å². The van der Waals surface area contributed by atoms with E-state index in [4.69, 9.17) is 15.0 Å². The minimum Gasteiger partial charge on any atom is -0.309 e. The summed E-state index contributed by atoms with van der Waals surface area (Å²) in [6.07, 6.45) is 0. The topological polar surface area (TPSA) is 48.5 Å². The molecule has 0 N–H and O–H groups in total. The maximum Gasteiger partial charge on any atom is 0.166 e. The quantitative estimate of drug-likeness (QED) is 0.174. The Bertz CT molecular complexity index is 3860. The lowest BCUT2D eigenvalue weighted by Crippen LogP contribution is -2.04. The van der Waals surface area contributed by atoms with Crippen LogP contribution >= 0.6 is 0 Å². The van der Waals surface area contributed by atoms with E-state index in [1.807, 2.05) is 36.4 Å². The van der Waals surface area contributed by atoms with Gasteiger partial charge in [-0.3, -0.25) is 0 Å². The first-order valence-corrected chi connectivity index (χ1v) is 21.0. The van der Waals surface area contributed by atoms with Gasteiger partial charge in [0.25, 0.3) is 0 Å². The lowest BCUT2D eigenvalue weighted by molar-refractivity contribution is 1.07. The van der Waals surface area contributed by atoms with Crippen molar-refractivity contribution >= 4 is 75.9 Å². The number of hydrogen-bond acceptors (Lipinski definition) is 3. The predicted octanol–water partition coefficient (Wildman–Crippen LogP) is 14.5. The van der Waals surface area contributed by atoms with Gasteiger partial charge < -0.3 is 9.13 Å². The molecule has 0 spiro atoms. The second-order valence-corrected chi connectivity index (χ2v) is 16.0. The van der Waals surface area contributed by atoms with Crippen LogP contribution < -0.4 is 0 Å². The Morgan fingerprint density at radius 1 is 0.290 bits per heavy atom. The molecule has 0 bridgehead atoms. The van der Waals surface area contributed by atoms with Gasteiger partial charge in [-0.25, -0.2) is 15.0 Å². The summed E-state index contributed by atoms with van der Waals surface area (Å²) in [5.41, 5.74) is 9.59. The fourth-order valence-corrected chi connectivity index (χ4v) is 9.70. The fourth-order valence-electron chi connectivity index (χ4n) is 9.70. The van der Waals surface area contributed by atoms with E-state index >= 15 is 0 Å². The highest BCUT2D eigenvalue weighted by atomic mass is 15.1. The molecule has 0 aliphatic rings. The monoisotopic (exact) mass is 789 g/mol. The van der Waals surface area contributed by atoms with Crippen LogP contribution in [-0.4, -0.2) is 24.1 Å². The smallest absolute Gasteiger partial charge is 0.166 e. The van der Waals surface area contributed by atoms with Crippen LogP contribution in [0.5, 0.6) is 0 Å². The molecule has 0 unspecified atom stereocenters. The van der Waals surface area contributed by atoms with Crippen molar-refractivity contribution in [3.63, 3.8) is 0 Å². The number of aromatic nitrogens is 5. The van der Waals surface area contributed by atoms with E-state index in [-0.39, 0.29) is 0 Å². The highest BCUT2D eigenvalue weighted by Gasteiger charge is 2.22. The molecule has 62 heavy (non-hydrogen) atoms. The molecule has 13 aromatic rings. The Labute approximate surface area is 356 Å². The Morgan fingerprint density at radius 2 is 0.823 bits per heavy atom. The van der Waals surface area contributed by atoms with Crippen LogP contribution in [0.2, 0.25) is 0 Å². The highest BCUT2D eigenvalue weighted by molar-refractivity contribution is 6.19. The predicted molar refractivity (Wildman–Crippen MR) is 257 cm³/mol. The summed E-state index contributed by atoms with van der Waals surface area (Å²) >= 11 is 0. The zero-order valence-electron chi connectivity index (χ0n) is 33.4. The van der Waals surface area contributed by atoms with Crippen molar-refractivity contribution in [2.45, 2.75) is 0 Å². The number of hydrogen-bond donors (Lipinski definition) is 0. The highest BCUT2D eigenvalue weighted by Crippen LogP contribution is 2.42. The standard InChI is InChI=1S/C57H35N5/c1-3-17-38(18-4-1)55-58-56(39-19-5-2-6-20-39)60-57(59-55)53-43-21-9-7-15-36(43)29-32-51(53)62-50-26-14-12-24-46(50)48-34-40-27-30-42(33-41(40)35-52(48)62)61-49-25-13-11-23-45(49)47-31-28-37-16-8-10-22-44(37)54(47)61/h1-35H. The second-order valence-electron chi connectivity index (χ2n) is 16.0. The van der Waals surface area contributed by atoms with E-state index in [1.54, 1.807) is 0 Å².